The van der Waals surface area contributed by atoms with Gasteiger partial charge in [0.2, 0.25) is 11.8 Å². The smallest absolute Gasteiger partial charge is 0.406 e. The van der Waals surface area contributed by atoms with Gasteiger partial charge < -0.3 is 40.6 Å². The second-order valence-electron chi connectivity index (χ2n) is 10.2. The van der Waals surface area contributed by atoms with Crippen molar-refractivity contribution in [2.24, 2.45) is 16.8 Å². The summed E-state index contributed by atoms with van der Waals surface area (Å²) in [6.07, 6.45) is -1.58. The molecule has 0 amide bonds. The van der Waals surface area contributed by atoms with E-state index in [0.29, 0.717) is 0 Å². The fourth-order valence-corrected chi connectivity index (χ4v) is 5.80. The average molecular weight is 669 g/mol. The SMILES string of the molecule is CCOC(=O)CCNP(=O)(OCC(=O)OCc1ccccc1)OCC(OC)C(O)C1(O)C(C)C1/C=N\c1c(N)nc(N)nc1OC. The van der Waals surface area contributed by atoms with Crippen molar-refractivity contribution >= 4 is 43.4 Å². The van der Waals surface area contributed by atoms with Gasteiger partial charge in [0.25, 0.3) is 0 Å². The molecule has 0 saturated heterocycles. The lowest BCUT2D eigenvalue weighted by Gasteiger charge is -2.28. The van der Waals surface area contributed by atoms with Crippen molar-refractivity contribution in [1.29, 1.82) is 0 Å². The molecule has 0 bridgehead atoms. The summed E-state index contributed by atoms with van der Waals surface area (Å²) in [6.45, 7) is 1.96. The maximum Gasteiger partial charge on any atom is 0.406 e. The number of aromatic nitrogens is 2. The van der Waals surface area contributed by atoms with Crippen LogP contribution in [-0.4, -0.2) is 96.7 Å². The van der Waals surface area contributed by atoms with E-state index >= 15 is 0 Å². The van der Waals surface area contributed by atoms with Crippen LogP contribution in [0.1, 0.15) is 25.8 Å². The maximum absolute atomic E-state index is 13.6. The summed E-state index contributed by atoms with van der Waals surface area (Å²) in [5, 5.41) is 25.0. The van der Waals surface area contributed by atoms with Crippen LogP contribution in [0.2, 0.25) is 0 Å². The summed E-state index contributed by atoms with van der Waals surface area (Å²) in [6, 6.07) is 8.91. The van der Waals surface area contributed by atoms with Crippen LogP contribution in [0.5, 0.6) is 5.88 Å². The highest BCUT2D eigenvalue weighted by molar-refractivity contribution is 7.51. The zero-order chi connectivity index (χ0) is 33.9. The number of hydrogen-bond acceptors (Lipinski definition) is 16. The molecule has 46 heavy (non-hydrogen) atoms. The predicted octanol–water partition coefficient (Wildman–Crippen LogP) is 1.15. The van der Waals surface area contributed by atoms with Gasteiger partial charge in [-0.2, -0.15) is 9.97 Å². The highest BCUT2D eigenvalue weighted by Crippen LogP contribution is 2.53. The molecule has 17 nitrogen and oxygen atoms in total. The molecule has 6 atom stereocenters. The molecule has 2 aromatic rings. The molecule has 0 spiro atoms. The fourth-order valence-electron chi connectivity index (χ4n) is 4.54. The molecule has 1 saturated carbocycles. The second kappa shape index (κ2) is 16.7. The molecule has 254 valence electrons. The van der Waals surface area contributed by atoms with Gasteiger partial charge in [0.15, 0.2) is 18.1 Å². The van der Waals surface area contributed by atoms with Crippen LogP contribution < -0.4 is 21.3 Å². The van der Waals surface area contributed by atoms with Crippen molar-refractivity contribution in [3.63, 3.8) is 0 Å². The largest absolute Gasteiger partial charge is 0.479 e. The number of esters is 2. The number of methoxy groups -OCH3 is 2. The van der Waals surface area contributed by atoms with Crippen molar-refractivity contribution < 1.29 is 52.4 Å². The van der Waals surface area contributed by atoms with Gasteiger partial charge in [0.1, 0.15) is 24.4 Å². The number of nitrogens with zero attached hydrogens (tertiary/aromatic N) is 3. The molecule has 1 aromatic heterocycles. The second-order valence-corrected chi connectivity index (χ2v) is 12.0. The van der Waals surface area contributed by atoms with Crippen molar-refractivity contribution in [3.05, 3.63) is 35.9 Å². The predicted molar refractivity (Wildman–Crippen MR) is 165 cm³/mol. The molecule has 1 aliphatic carbocycles. The fraction of sp³-hybridized carbons (Fsp3) is 0.536. The van der Waals surface area contributed by atoms with Gasteiger partial charge in [-0.1, -0.05) is 37.3 Å². The zero-order valence-electron chi connectivity index (χ0n) is 26.0. The third-order valence-corrected chi connectivity index (χ3v) is 8.79. The van der Waals surface area contributed by atoms with E-state index in [0.717, 1.165) is 5.56 Å². The third kappa shape index (κ3) is 9.65. The molecule has 3 rings (SSSR count). The molecule has 1 aromatic carbocycles. The first-order chi connectivity index (χ1) is 21.9. The number of aliphatic imine (C=N–C) groups is 1. The molecule has 0 radical (unpaired) electrons. The van der Waals surface area contributed by atoms with E-state index in [-0.39, 0.29) is 49.5 Å². The summed E-state index contributed by atoms with van der Waals surface area (Å²) in [4.78, 5) is 36.1. The topological polar surface area (TPSA) is 249 Å². The zero-order valence-corrected chi connectivity index (χ0v) is 26.9. The third-order valence-electron chi connectivity index (χ3n) is 7.22. The Bertz CT molecular complexity index is 1400. The summed E-state index contributed by atoms with van der Waals surface area (Å²) in [7, 11) is -1.68. The maximum atomic E-state index is 13.6. The summed E-state index contributed by atoms with van der Waals surface area (Å²) >= 11 is 0. The summed E-state index contributed by atoms with van der Waals surface area (Å²) < 4.78 is 44.9. The number of aliphatic hydroxyl groups is 2. The average Bonchev–Trinajstić information content (AvgIpc) is 3.57. The number of nitrogens with two attached hydrogens (primary N) is 2. The Hall–Kier alpha value is -3.70. The van der Waals surface area contributed by atoms with Crippen molar-refractivity contribution in [1.82, 2.24) is 15.1 Å². The van der Waals surface area contributed by atoms with E-state index < -0.39 is 62.5 Å². The molecule has 6 unspecified atom stereocenters. The number of ether oxygens (including phenoxy) is 4. The Morgan fingerprint density at radius 1 is 1.15 bits per heavy atom. The number of aliphatic hydroxyl groups excluding tert-OH is 1. The van der Waals surface area contributed by atoms with Crippen molar-refractivity contribution in [2.45, 2.75) is 44.7 Å². The number of carbonyl (C=O) groups is 2. The number of nitrogens with one attached hydrogen (secondary N) is 1. The first-order valence-electron chi connectivity index (χ1n) is 14.3. The molecule has 1 heterocycles. The van der Waals surface area contributed by atoms with Gasteiger partial charge in [-0.15, -0.1) is 0 Å². The minimum absolute atomic E-state index is 0.0250. The van der Waals surface area contributed by atoms with E-state index in [1.165, 1.54) is 20.4 Å². The van der Waals surface area contributed by atoms with E-state index in [1.807, 2.05) is 6.07 Å². The quantitative estimate of drug-likeness (QED) is 0.0800. The Balaban J connectivity index is 1.66. The van der Waals surface area contributed by atoms with Gasteiger partial charge in [-0.05, 0) is 18.4 Å². The number of carbonyl (C=O) groups excluding carboxylic acids is 2. The van der Waals surface area contributed by atoms with Crippen LogP contribution in [0, 0.1) is 11.8 Å². The van der Waals surface area contributed by atoms with Gasteiger partial charge >= 0.3 is 19.7 Å². The molecule has 1 aliphatic rings. The van der Waals surface area contributed by atoms with Crippen LogP contribution >= 0.6 is 7.75 Å². The lowest BCUT2D eigenvalue weighted by molar-refractivity contribution is -0.148. The highest BCUT2D eigenvalue weighted by atomic mass is 31.2. The Kier molecular flexibility index (Phi) is 13.4. The first-order valence-corrected chi connectivity index (χ1v) is 15.9. The highest BCUT2D eigenvalue weighted by Gasteiger charge is 2.66. The standard InChI is InChI=1S/C28H41N6O11P/c1-5-42-21(35)11-12-32-46(39,45-16-22(36)43-14-18-9-7-6-8-10-18)44-15-20(40-3)24(37)28(38)17(2)19(28)13-31-23-25(29)33-27(30)34-26(23)41-4/h6-10,13,17,19-20,24,37-38H,5,11-12,14-16H2,1-4H3,(H,32,39)(H4,29,30,33,34)/b31-13-. The van der Waals surface area contributed by atoms with Gasteiger partial charge in [-0.25, -0.2) is 14.4 Å². The molecule has 18 heteroatoms. The van der Waals surface area contributed by atoms with Crippen LogP contribution in [0.4, 0.5) is 17.5 Å². The van der Waals surface area contributed by atoms with Gasteiger partial charge in [0, 0.05) is 25.8 Å². The Labute approximate surface area is 266 Å². The van der Waals surface area contributed by atoms with Crippen LogP contribution in [0.3, 0.4) is 0 Å². The normalized spacial score (nSPS) is 21.7. The number of nitrogen functional groups attached to an aromatic ring is 2. The monoisotopic (exact) mass is 668 g/mol. The van der Waals surface area contributed by atoms with Gasteiger partial charge in [0.05, 0.1) is 26.7 Å². The number of rotatable bonds is 19. The van der Waals surface area contributed by atoms with E-state index in [4.69, 9.17) is 39.5 Å². The molecule has 0 aliphatic heterocycles. The minimum atomic E-state index is -4.29. The Morgan fingerprint density at radius 3 is 2.52 bits per heavy atom. The van der Waals surface area contributed by atoms with E-state index in [9.17, 15) is 24.4 Å². The summed E-state index contributed by atoms with van der Waals surface area (Å²) in [5.74, 6) is -2.69. The van der Waals surface area contributed by atoms with Crippen LogP contribution in [0.15, 0.2) is 35.3 Å². The molecule has 1 fully saturated rings. The summed E-state index contributed by atoms with van der Waals surface area (Å²) in [5.41, 5.74) is 10.6. The number of hydrogen-bond donors (Lipinski definition) is 5. The lowest BCUT2D eigenvalue weighted by atomic mass is 10.0. The van der Waals surface area contributed by atoms with E-state index in [1.54, 1.807) is 38.1 Å². The van der Waals surface area contributed by atoms with E-state index in [2.05, 4.69) is 20.0 Å². The van der Waals surface area contributed by atoms with Gasteiger partial charge in [-0.3, -0.25) is 18.8 Å². The minimum Gasteiger partial charge on any atom is -0.479 e. The van der Waals surface area contributed by atoms with Crippen molar-refractivity contribution in [2.75, 3.05) is 52.1 Å². The number of benzene rings is 1. The number of anilines is 2. The van der Waals surface area contributed by atoms with Crippen LogP contribution in [0.25, 0.3) is 0 Å². The molecular weight excluding hydrogens is 627 g/mol. The first kappa shape index (κ1) is 36.8. The molecule has 7 N–H and O–H groups in total. The lowest BCUT2D eigenvalue weighted by Crippen LogP contribution is -2.45. The van der Waals surface area contributed by atoms with Crippen molar-refractivity contribution in [3.8, 4) is 5.88 Å². The molecular formula is C28H41N6O11P. The van der Waals surface area contributed by atoms with Crippen LogP contribution in [-0.2, 0) is 44.0 Å². The Morgan fingerprint density at radius 2 is 1.87 bits per heavy atom.